The summed E-state index contributed by atoms with van der Waals surface area (Å²) < 4.78 is 0. The van der Waals surface area contributed by atoms with Gasteiger partial charge in [-0.1, -0.05) is 20.8 Å². The quantitative estimate of drug-likeness (QED) is 0.547. The average Bonchev–Trinajstić information content (AvgIpc) is 2.09. The van der Waals surface area contributed by atoms with E-state index in [9.17, 15) is 4.79 Å². The molecular weight excluding hydrogens is 150 g/mol. The third-order valence-corrected chi connectivity index (χ3v) is 2.23. The minimum absolute atomic E-state index is 0.229. The zero-order chi connectivity index (χ0) is 9.56. The molecule has 1 amide bonds. The maximum absolute atomic E-state index is 10.8. The molecule has 0 radical (unpaired) electrons. The molecule has 0 aromatic rings. The Labute approximate surface area is 75.9 Å². The van der Waals surface area contributed by atoms with E-state index in [-0.39, 0.29) is 5.91 Å². The summed E-state index contributed by atoms with van der Waals surface area (Å²) in [6.45, 7) is 9.83. The van der Waals surface area contributed by atoms with Gasteiger partial charge in [-0.2, -0.15) is 0 Å². The van der Waals surface area contributed by atoms with Gasteiger partial charge in [0.1, 0.15) is 0 Å². The number of hydrogen-bond acceptors (Lipinski definition) is 1. The molecule has 0 unspecified atom stereocenters. The van der Waals surface area contributed by atoms with E-state index in [1.54, 1.807) is 6.92 Å². The Morgan fingerprint density at radius 2 is 1.67 bits per heavy atom. The molecule has 2 heteroatoms. The van der Waals surface area contributed by atoms with Crippen molar-refractivity contribution >= 4 is 5.91 Å². The fourth-order valence-electron chi connectivity index (χ4n) is 1.32. The number of carbonyl (C=O) groups excluding carboxylic acids is 1. The van der Waals surface area contributed by atoms with Crippen molar-refractivity contribution in [2.75, 3.05) is 13.1 Å². The zero-order valence-corrected chi connectivity index (χ0v) is 8.76. The summed E-state index contributed by atoms with van der Waals surface area (Å²) in [5, 5.41) is 0. The van der Waals surface area contributed by atoms with Crippen LogP contribution in [0.4, 0.5) is 0 Å². The number of rotatable bonds is 0. The van der Waals surface area contributed by atoms with Crippen molar-refractivity contribution < 1.29 is 4.79 Å². The molecule has 0 aromatic heterocycles. The van der Waals surface area contributed by atoms with Crippen LogP contribution in [0.1, 0.15) is 40.5 Å². The molecule has 1 aliphatic heterocycles. The molecule has 0 spiro atoms. The van der Waals surface area contributed by atoms with Gasteiger partial charge in [-0.3, -0.25) is 4.79 Å². The largest absolute Gasteiger partial charge is 0.343 e. The first kappa shape index (κ1) is 11.5. The highest BCUT2D eigenvalue weighted by Crippen LogP contribution is 2.15. The summed E-state index contributed by atoms with van der Waals surface area (Å²) in [5.41, 5.74) is 0. The molecule has 1 fully saturated rings. The maximum atomic E-state index is 10.8. The Bertz CT molecular complexity index is 126. The molecule has 2 nitrogen and oxygen atoms in total. The highest BCUT2D eigenvalue weighted by molar-refractivity contribution is 5.73. The van der Waals surface area contributed by atoms with Crippen LogP contribution in [0.2, 0.25) is 0 Å². The molecule has 0 aliphatic carbocycles. The molecule has 1 heterocycles. The SMILES string of the molecule is CC.CC(=O)N1CCC(C)CC1. The van der Waals surface area contributed by atoms with Gasteiger partial charge in [0.15, 0.2) is 0 Å². The van der Waals surface area contributed by atoms with Crippen LogP contribution < -0.4 is 0 Å². The first-order valence-electron chi connectivity index (χ1n) is 4.95. The van der Waals surface area contributed by atoms with Gasteiger partial charge in [-0.25, -0.2) is 0 Å². The number of carbonyl (C=O) groups is 1. The van der Waals surface area contributed by atoms with E-state index in [4.69, 9.17) is 0 Å². The number of hydrogen-bond donors (Lipinski definition) is 0. The highest BCUT2D eigenvalue weighted by Gasteiger charge is 2.16. The monoisotopic (exact) mass is 171 g/mol. The Morgan fingerprint density at radius 3 is 2.00 bits per heavy atom. The molecule has 0 bridgehead atoms. The lowest BCUT2D eigenvalue weighted by molar-refractivity contribution is -0.130. The van der Waals surface area contributed by atoms with E-state index in [2.05, 4.69) is 6.92 Å². The van der Waals surface area contributed by atoms with Crippen molar-refractivity contribution in [3.05, 3.63) is 0 Å². The van der Waals surface area contributed by atoms with Crippen LogP contribution in [0, 0.1) is 5.92 Å². The lowest BCUT2D eigenvalue weighted by atomic mass is 9.99. The molecular formula is C10H21NO. The summed E-state index contributed by atoms with van der Waals surface area (Å²) in [6.07, 6.45) is 2.36. The van der Waals surface area contributed by atoms with E-state index in [0.717, 1.165) is 19.0 Å². The summed E-state index contributed by atoms with van der Waals surface area (Å²) in [5.74, 6) is 1.04. The fraction of sp³-hybridized carbons (Fsp3) is 0.900. The summed E-state index contributed by atoms with van der Waals surface area (Å²) in [6, 6.07) is 0. The molecule has 0 saturated carbocycles. The first-order chi connectivity index (χ1) is 5.70. The number of likely N-dealkylation sites (tertiary alicyclic amines) is 1. The summed E-state index contributed by atoms with van der Waals surface area (Å²) in [4.78, 5) is 12.8. The van der Waals surface area contributed by atoms with Crippen LogP contribution in [0.25, 0.3) is 0 Å². The Kier molecular flexibility index (Phi) is 5.77. The van der Waals surface area contributed by atoms with Gasteiger partial charge in [0.05, 0.1) is 0 Å². The van der Waals surface area contributed by atoms with Gasteiger partial charge in [0, 0.05) is 20.0 Å². The van der Waals surface area contributed by atoms with Gasteiger partial charge in [-0.05, 0) is 18.8 Å². The topological polar surface area (TPSA) is 20.3 Å². The molecule has 1 saturated heterocycles. The number of piperidine rings is 1. The van der Waals surface area contributed by atoms with Crippen molar-refractivity contribution in [3.8, 4) is 0 Å². The van der Waals surface area contributed by atoms with E-state index in [1.165, 1.54) is 12.8 Å². The third-order valence-electron chi connectivity index (χ3n) is 2.23. The Hall–Kier alpha value is -0.530. The van der Waals surface area contributed by atoms with Crippen molar-refractivity contribution in [2.45, 2.75) is 40.5 Å². The van der Waals surface area contributed by atoms with E-state index in [1.807, 2.05) is 18.7 Å². The summed E-state index contributed by atoms with van der Waals surface area (Å²) >= 11 is 0. The second-order valence-electron chi connectivity index (χ2n) is 3.19. The van der Waals surface area contributed by atoms with Gasteiger partial charge in [0.2, 0.25) is 5.91 Å². The highest BCUT2D eigenvalue weighted by atomic mass is 16.2. The number of amides is 1. The van der Waals surface area contributed by atoms with Gasteiger partial charge >= 0.3 is 0 Å². The molecule has 0 atom stereocenters. The van der Waals surface area contributed by atoms with E-state index >= 15 is 0 Å². The first-order valence-corrected chi connectivity index (χ1v) is 4.95. The molecule has 12 heavy (non-hydrogen) atoms. The normalized spacial score (nSPS) is 18.2. The van der Waals surface area contributed by atoms with E-state index in [0.29, 0.717) is 0 Å². The predicted molar refractivity (Wildman–Crippen MR) is 52.0 cm³/mol. The Morgan fingerprint density at radius 1 is 1.25 bits per heavy atom. The molecule has 72 valence electrons. The lowest BCUT2D eigenvalue weighted by Crippen LogP contribution is -2.36. The maximum Gasteiger partial charge on any atom is 0.219 e. The van der Waals surface area contributed by atoms with Crippen LogP contribution in [0.15, 0.2) is 0 Å². The van der Waals surface area contributed by atoms with Crippen LogP contribution in [-0.4, -0.2) is 23.9 Å². The van der Waals surface area contributed by atoms with Gasteiger partial charge < -0.3 is 4.90 Å². The Balaban J connectivity index is 0.000000561. The lowest BCUT2D eigenvalue weighted by Gasteiger charge is -2.29. The molecule has 1 rings (SSSR count). The van der Waals surface area contributed by atoms with Crippen LogP contribution in [0.3, 0.4) is 0 Å². The van der Waals surface area contributed by atoms with Crippen molar-refractivity contribution in [1.82, 2.24) is 4.90 Å². The molecule has 1 aliphatic rings. The smallest absolute Gasteiger partial charge is 0.219 e. The standard InChI is InChI=1S/C8H15NO.C2H6/c1-7-3-5-9(6-4-7)8(2)10;1-2/h7H,3-6H2,1-2H3;1-2H3. The minimum Gasteiger partial charge on any atom is -0.343 e. The van der Waals surface area contributed by atoms with Crippen molar-refractivity contribution in [3.63, 3.8) is 0 Å². The summed E-state index contributed by atoms with van der Waals surface area (Å²) in [7, 11) is 0. The minimum atomic E-state index is 0.229. The van der Waals surface area contributed by atoms with Crippen molar-refractivity contribution in [1.29, 1.82) is 0 Å². The predicted octanol–water partition coefficient (Wildman–Crippen LogP) is 2.29. The average molecular weight is 171 g/mol. The van der Waals surface area contributed by atoms with Crippen LogP contribution in [-0.2, 0) is 4.79 Å². The molecule has 0 N–H and O–H groups in total. The second kappa shape index (κ2) is 6.04. The number of nitrogens with zero attached hydrogens (tertiary/aromatic N) is 1. The zero-order valence-electron chi connectivity index (χ0n) is 8.76. The third kappa shape index (κ3) is 3.74. The second-order valence-corrected chi connectivity index (χ2v) is 3.19. The van der Waals surface area contributed by atoms with Gasteiger partial charge in [-0.15, -0.1) is 0 Å². The van der Waals surface area contributed by atoms with Gasteiger partial charge in [0.25, 0.3) is 0 Å². The van der Waals surface area contributed by atoms with Crippen LogP contribution in [0.5, 0.6) is 0 Å². The fourth-order valence-corrected chi connectivity index (χ4v) is 1.32. The van der Waals surface area contributed by atoms with Crippen LogP contribution >= 0.6 is 0 Å². The van der Waals surface area contributed by atoms with E-state index < -0.39 is 0 Å². The van der Waals surface area contributed by atoms with Crippen molar-refractivity contribution in [2.24, 2.45) is 5.92 Å². The molecule has 0 aromatic carbocycles.